The molecule has 5 heterocycles. The number of carboxylic acids is 1. The Kier molecular flexibility index (Phi) is 7.46. The van der Waals surface area contributed by atoms with E-state index in [1.54, 1.807) is 6.20 Å². The molecule has 1 amide bonds. The highest BCUT2D eigenvalue weighted by Gasteiger charge is 2.38. The molecule has 0 bridgehead atoms. The Morgan fingerprint density at radius 3 is 2.68 bits per heavy atom. The van der Waals surface area contributed by atoms with Crippen molar-refractivity contribution in [2.45, 2.75) is 38.7 Å². The number of carboxylic acid groups (broad SMARTS) is 1. The van der Waals surface area contributed by atoms with E-state index in [-0.39, 0.29) is 17.8 Å². The predicted octanol–water partition coefficient (Wildman–Crippen LogP) is 2.30. The molecule has 2 aliphatic heterocycles. The average Bonchev–Trinajstić information content (AvgIpc) is 3.74. The lowest BCUT2D eigenvalue weighted by Gasteiger charge is -2.14. The number of pyridine rings is 1. The van der Waals surface area contributed by atoms with Crippen LogP contribution in [0, 0.1) is 0 Å². The molecular formula is C24H23F3N8O6. The maximum absolute atomic E-state index is 13.3. The van der Waals surface area contributed by atoms with Crippen molar-refractivity contribution in [1.29, 1.82) is 0 Å². The monoisotopic (exact) mass is 576 g/mol. The van der Waals surface area contributed by atoms with Gasteiger partial charge in [0.2, 0.25) is 0 Å². The molecule has 6 rings (SSSR count). The summed E-state index contributed by atoms with van der Waals surface area (Å²) in [6, 6.07) is 5.77. The van der Waals surface area contributed by atoms with E-state index in [1.807, 2.05) is 29.7 Å². The molecule has 17 heteroatoms. The van der Waals surface area contributed by atoms with Gasteiger partial charge in [-0.3, -0.25) is 9.78 Å². The number of aliphatic carboxylic acids is 1. The molecule has 216 valence electrons. The number of nitrogens with two attached hydrogens (primary N) is 1. The first-order chi connectivity index (χ1) is 19.6. The second-order valence-electron chi connectivity index (χ2n) is 9.03. The van der Waals surface area contributed by atoms with E-state index < -0.39 is 12.1 Å². The largest absolute Gasteiger partial charge is 0.490 e. The van der Waals surface area contributed by atoms with Crippen LogP contribution in [0.5, 0.6) is 5.75 Å². The van der Waals surface area contributed by atoms with E-state index >= 15 is 0 Å². The van der Waals surface area contributed by atoms with Crippen molar-refractivity contribution in [1.82, 2.24) is 35.5 Å². The van der Waals surface area contributed by atoms with Crippen LogP contribution >= 0.6 is 0 Å². The first kappa shape index (κ1) is 27.8. The van der Waals surface area contributed by atoms with Crippen LogP contribution < -0.4 is 21.3 Å². The zero-order chi connectivity index (χ0) is 29.3. The molecule has 4 aromatic rings. The van der Waals surface area contributed by atoms with E-state index in [1.165, 1.54) is 0 Å². The number of hydrogen-bond donors (Lipinski definition) is 4. The number of anilines is 1. The second kappa shape index (κ2) is 11.0. The maximum Gasteiger partial charge on any atom is 0.490 e. The SMILES string of the molecule is CCn1c(-c2nonc2N)nc2c(-c3ccc4c(c3)OOC4)ncc(C(=O)NC3CCNC3)c21.O=C(O)C(F)(F)F. The van der Waals surface area contributed by atoms with Crippen molar-refractivity contribution in [3.8, 4) is 28.5 Å². The lowest BCUT2D eigenvalue weighted by atomic mass is 10.0. The van der Waals surface area contributed by atoms with Gasteiger partial charge in [0.05, 0.1) is 16.8 Å². The lowest BCUT2D eigenvalue weighted by Crippen LogP contribution is -2.36. The molecule has 3 aromatic heterocycles. The summed E-state index contributed by atoms with van der Waals surface area (Å²) in [5, 5.41) is 21.1. The Morgan fingerprint density at radius 2 is 2.05 bits per heavy atom. The van der Waals surface area contributed by atoms with Gasteiger partial charge in [0, 0.05) is 36.5 Å². The molecule has 5 N–H and O–H groups in total. The standard InChI is InChI=1S/C22H22N8O4.C2HF3O2/c1-2-30-19-14(22(31)26-13-5-6-24-8-13)9-25-16(11-3-4-12-10-32-33-15(12)7-11)17(19)27-21(30)18-20(23)29-34-28-18;3-2(4,5)1(6)7/h3-4,7,9,13,24H,2,5-6,8,10H2,1H3,(H2,23,29)(H,26,31);(H,6,7). The molecular weight excluding hydrogens is 553 g/mol. The molecule has 0 saturated carbocycles. The highest BCUT2D eigenvalue weighted by molar-refractivity contribution is 6.08. The van der Waals surface area contributed by atoms with Gasteiger partial charge < -0.3 is 30.9 Å². The number of benzene rings is 1. The summed E-state index contributed by atoms with van der Waals surface area (Å²) in [6.07, 6.45) is -2.63. The molecule has 0 spiro atoms. The van der Waals surface area contributed by atoms with Gasteiger partial charge in [-0.25, -0.2) is 14.4 Å². The van der Waals surface area contributed by atoms with Crippen molar-refractivity contribution >= 4 is 28.7 Å². The van der Waals surface area contributed by atoms with Gasteiger partial charge in [-0.1, -0.05) is 12.1 Å². The zero-order valence-electron chi connectivity index (χ0n) is 21.4. The first-order valence-electron chi connectivity index (χ1n) is 12.3. The number of aromatic nitrogens is 5. The van der Waals surface area contributed by atoms with Crippen LogP contribution in [0.1, 0.15) is 29.3 Å². The number of nitrogens with one attached hydrogen (secondary N) is 2. The molecule has 1 unspecified atom stereocenters. The summed E-state index contributed by atoms with van der Waals surface area (Å²) in [6.45, 7) is 4.46. The Morgan fingerprint density at radius 1 is 1.27 bits per heavy atom. The summed E-state index contributed by atoms with van der Waals surface area (Å²) >= 11 is 0. The van der Waals surface area contributed by atoms with Crippen LogP contribution in [-0.2, 0) is 22.8 Å². The number of hydrogen-bond acceptors (Lipinski definition) is 11. The number of aryl methyl sites for hydroxylation is 1. The number of alkyl halides is 3. The molecule has 1 fully saturated rings. The fourth-order valence-electron chi connectivity index (χ4n) is 4.46. The number of imidazole rings is 1. The molecule has 0 radical (unpaired) electrons. The molecule has 1 aromatic carbocycles. The van der Waals surface area contributed by atoms with Crippen molar-refractivity contribution in [3.63, 3.8) is 0 Å². The fourth-order valence-corrected chi connectivity index (χ4v) is 4.46. The van der Waals surface area contributed by atoms with Crippen molar-refractivity contribution in [3.05, 3.63) is 35.5 Å². The minimum absolute atomic E-state index is 0.0592. The lowest BCUT2D eigenvalue weighted by molar-refractivity contribution is -0.194. The van der Waals surface area contributed by atoms with Gasteiger partial charge >= 0.3 is 12.1 Å². The molecule has 2 aliphatic rings. The van der Waals surface area contributed by atoms with Gasteiger partial charge in [0.15, 0.2) is 23.1 Å². The number of nitrogen functional groups attached to an aromatic ring is 1. The third-order valence-corrected chi connectivity index (χ3v) is 6.40. The average molecular weight is 576 g/mol. The van der Waals surface area contributed by atoms with Gasteiger partial charge in [-0.2, -0.15) is 18.1 Å². The van der Waals surface area contributed by atoms with Crippen LogP contribution in [0.25, 0.3) is 33.8 Å². The number of rotatable bonds is 5. The van der Waals surface area contributed by atoms with E-state index in [4.69, 9.17) is 35.0 Å². The Hall–Kier alpha value is -4.77. The third-order valence-electron chi connectivity index (χ3n) is 6.40. The normalized spacial score (nSPS) is 16.1. The highest BCUT2D eigenvalue weighted by Crippen LogP contribution is 2.36. The summed E-state index contributed by atoms with van der Waals surface area (Å²) < 4.78 is 38.4. The Balaban J connectivity index is 0.000000431. The van der Waals surface area contributed by atoms with Gasteiger partial charge in [-0.05, 0) is 36.3 Å². The topological polar surface area (TPSA) is 193 Å². The number of amides is 1. The third kappa shape index (κ3) is 5.48. The quantitative estimate of drug-likeness (QED) is 0.254. The molecule has 14 nitrogen and oxygen atoms in total. The highest BCUT2D eigenvalue weighted by atomic mass is 19.4. The van der Waals surface area contributed by atoms with Crippen molar-refractivity contribution in [2.75, 3.05) is 18.8 Å². The van der Waals surface area contributed by atoms with Crippen LogP contribution in [0.3, 0.4) is 0 Å². The zero-order valence-corrected chi connectivity index (χ0v) is 21.4. The minimum atomic E-state index is -5.08. The van der Waals surface area contributed by atoms with E-state index in [9.17, 15) is 18.0 Å². The first-order valence-corrected chi connectivity index (χ1v) is 12.3. The van der Waals surface area contributed by atoms with Crippen LogP contribution in [-0.4, -0.2) is 67.1 Å². The number of fused-ring (bicyclic) bond motifs is 2. The summed E-state index contributed by atoms with van der Waals surface area (Å²) in [7, 11) is 0. The number of nitrogens with zero attached hydrogens (tertiary/aromatic N) is 5. The smallest absolute Gasteiger partial charge is 0.475 e. The van der Waals surface area contributed by atoms with Crippen molar-refractivity contribution in [2.24, 2.45) is 0 Å². The molecule has 1 saturated heterocycles. The van der Waals surface area contributed by atoms with Gasteiger partial charge in [0.25, 0.3) is 5.91 Å². The van der Waals surface area contributed by atoms with Gasteiger partial charge in [0.1, 0.15) is 12.1 Å². The van der Waals surface area contributed by atoms with Crippen LogP contribution in [0.2, 0.25) is 0 Å². The molecule has 1 atom stereocenters. The molecule has 41 heavy (non-hydrogen) atoms. The van der Waals surface area contributed by atoms with E-state index in [0.29, 0.717) is 52.7 Å². The Bertz CT molecular complexity index is 1610. The number of carbonyl (C=O) groups is 2. The van der Waals surface area contributed by atoms with Crippen LogP contribution in [0.4, 0.5) is 19.0 Å². The van der Waals surface area contributed by atoms with E-state index in [2.05, 4.69) is 25.9 Å². The maximum atomic E-state index is 13.3. The Labute approximate surface area is 228 Å². The van der Waals surface area contributed by atoms with Crippen molar-refractivity contribution < 1.29 is 42.3 Å². The number of halogens is 3. The van der Waals surface area contributed by atoms with Crippen LogP contribution in [0.15, 0.2) is 29.0 Å². The van der Waals surface area contributed by atoms with Gasteiger partial charge in [-0.15, -0.1) is 0 Å². The fraction of sp³-hybridized carbons (Fsp3) is 0.333. The molecule has 0 aliphatic carbocycles. The van der Waals surface area contributed by atoms with E-state index in [0.717, 1.165) is 30.6 Å². The minimum Gasteiger partial charge on any atom is -0.475 e. The summed E-state index contributed by atoms with van der Waals surface area (Å²) in [5.74, 6) is -1.78. The second-order valence-corrected chi connectivity index (χ2v) is 9.03. The summed E-state index contributed by atoms with van der Waals surface area (Å²) in [4.78, 5) is 42.0. The number of carbonyl (C=O) groups excluding carboxylic acids is 1. The predicted molar refractivity (Wildman–Crippen MR) is 134 cm³/mol. The summed E-state index contributed by atoms with van der Waals surface area (Å²) in [5.41, 5.74) is 10.2.